The third-order valence-electron chi connectivity index (χ3n) is 4.64. The largest absolute Gasteiger partial charge is 0.354 e. The predicted molar refractivity (Wildman–Crippen MR) is 94.0 cm³/mol. The number of carbonyl (C=O) groups is 1. The molecule has 1 N–H and O–H groups in total. The first-order valence-corrected chi connectivity index (χ1v) is 8.63. The lowest BCUT2D eigenvalue weighted by atomic mass is 9.97. The molecule has 0 aliphatic carbocycles. The van der Waals surface area contributed by atoms with Crippen molar-refractivity contribution in [2.45, 2.75) is 19.4 Å². The number of carbonyl (C=O) groups excluding carboxylic acids is 1. The molecule has 8 heteroatoms. The number of anilines is 1. The minimum absolute atomic E-state index is 0.0180. The summed E-state index contributed by atoms with van der Waals surface area (Å²) in [4.78, 5) is 14.6. The second-order valence-electron chi connectivity index (χ2n) is 6.45. The summed E-state index contributed by atoms with van der Waals surface area (Å²) in [5.74, 6) is 0.459. The van der Waals surface area contributed by atoms with Gasteiger partial charge in [0.1, 0.15) is 18.0 Å². The molecule has 134 valence electrons. The van der Waals surface area contributed by atoms with E-state index in [2.05, 4.69) is 25.5 Å². The van der Waals surface area contributed by atoms with Crippen molar-refractivity contribution < 1.29 is 9.18 Å². The SMILES string of the molecule is O=C(NCc1ccc(F)cc1)C1CCCN(c2ccc3nncn3n2)C1. The predicted octanol–water partition coefficient (Wildman–Crippen LogP) is 1.80. The monoisotopic (exact) mass is 354 g/mol. The van der Waals surface area contributed by atoms with E-state index in [9.17, 15) is 9.18 Å². The van der Waals surface area contributed by atoms with Crippen LogP contribution in [0.15, 0.2) is 42.7 Å². The number of aromatic nitrogens is 4. The summed E-state index contributed by atoms with van der Waals surface area (Å²) in [6.07, 6.45) is 3.34. The molecule has 0 saturated carbocycles. The number of rotatable bonds is 4. The van der Waals surface area contributed by atoms with Crippen molar-refractivity contribution in [1.82, 2.24) is 25.1 Å². The molecule has 1 unspecified atom stereocenters. The van der Waals surface area contributed by atoms with E-state index in [-0.39, 0.29) is 17.6 Å². The van der Waals surface area contributed by atoms with Gasteiger partial charge in [-0.15, -0.1) is 15.3 Å². The Bertz CT molecular complexity index is 909. The number of hydrogen-bond donors (Lipinski definition) is 1. The minimum Gasteiger partial charge on any atom is -0.354 e. The van der Waals surface area contributed by atoms with E-state index >= 15 is 0 Å². The summed E-state index contributed by atoms with van der Waals surface area (Å²) < 4.78 is 14.6. The Morgan fingerprint density at radius 2 is 2.08 bits per heavy atom. The Hall–Kier alpha value is -3.03. The third kappa shape index (κ3) is 3.49. The van der Waals surface area contributed by atoms with Crippen molar-refractivity contribution in [2.24, 2.45) is 5.92 Å². The van der Waals surface area contributed by atoms with Crippen LogP contribution in [-0.4, -0.2) is 38.8 Å². The van der Waals surface area contributed by atoms with Crippen molar-refractivity contribution in [3.63, 3.8) is 0 Å². The first-order chi connectivity index (χ1) is 12.7. The maximum atomic E-state index is 12.9. The molecular formula is C18H19FN6O. The van der Waals surface area contributed by atoms with E-state index in [1.807, 2.05) is 12.1 Å². The number of nitrogens with one attached hydrogen (secondary N) is 1. The van der Waals surface area contributed by atoms with E-state index in [1.165, 1.54) is 12.1 Å². The zero-order valence-electron chi connectivity index (χ0n) is 14.2. The Labute approximate surface area is 149 Å². The van der Waals surface area contributed by atoms with Gasteiger partial charge in [-0.25, -0.2) is 4.39 Å². The highest BCUT2D eigenvalue weighted by atomic mass is 19.1. The number of amides is 1. The van der Waals surface area contributed by atoms with Gasteiger partial charge in [-0.3, -0.25) is 4.79 Å². The van der Waals surface area contributed by atoms with Crippen LogP contribution in [0.25, 0.3) is 5.65 Å². The van der Waals surface area contributed by atoms with Crippen LogP contribution in [0.4, 0.5) is 10.2 Å². The molecular weight excluding hydrogens is 335 g/mol. The van der Waals surface area contributed by atoms with Crippen molar-refractivity contribution >= 4 is 17.4 Å². The zero-order chi connectivity index (χ0) is 17.9. The summed E-state index contributed by atoms with van der Waals surface area (Å²) in [5, 5.41) is 15.2. The first kappa shape index (κ1) is 16.4. The molecule has 1 aliphatic heterocycles. The fourth-order valence-electron chi connectivity index (χ4n) is 3.22. The van der Waals surface area contributed by atoms with Crippen LogP contribution in [0.5, 0.6) is 0 Å². The molecule has 7 nitrogen and oxygen atoms in total. The zero-order valence-corrected chi connectivity index (χ0v) is 14.2. The molecule has 1 aromatic carbocycles. The molecule has 2 aromatic heterocycles. The molecule has 4 rings (SSSR count). The maximum absolute atomic E-state index is 12.9. The van der Waals surface area contributed by atoms with E-state index in [1.54, 1.807) is 23.0 Å². The molecule has 3 heterocycles. The topological polar surface area (TPSA) is 75.4 Å². The van der Waals surface area contributed by atoms with Gasteiger partial charge in [0.05, 0.1) is 5.92 Å². The quantitative estimate of drug-likeness (QED) is 0.773. The Morgan fingerprint density at radius 1 is 1.23 bits per heavy atom. The molecule has 1 amide bonds. The average Bonchev–Trinajstić information content (AvgIpc) is 3.15. The van der Waals surface area contributed by atoms with Crippen LogP contribution in [0, 0.1) is 11.7 Å². The van der Waals surface area contributed by atoms with E-state index in [0.717, 1.165) is 30.8 Å². The Kier molecular flexibility index (Phi) is 4.47. The molecule has 0 radical (unpaired) electrons. The summed E-state index contributed by atoms with van der Waals surface area (Å²) in [6, 6.07) is 9.94. The maximum Gasteiger partial charge on any atom is 0.225 e. The first-order valence-electron chi connectivity index (χ1n) is 8.63. The lowest BCUT2D eigenvalue weighted by Crippen LogP contribution is -2.43. The highest BCUT2D eigenvalue weighted by Crippen LogP contribution is 2.22. The number of halogens is 1. The van der Waals surface area contributed by atoms with Crippen LogP contribution in [0.3, 0.4) is 0 Å². The Morgan fingerprint density at radius 3 is 2.92 bits per heavy atom. The van der Waals surface area contributed by atoms with Crippen molar-refractivity contribution in [1.29, 1.82) is 0 Å². The molecule has 1 fully saturated rings. The van der Waals surface area contributed by atoms with Crippen molar-refractivity contribution in [2.75, 3.05) is 18.0 Å². The van der Waals surface area contributed by atoms with Gasteiger partial charge in [0.15, 0.2) is 5.65 Å². The minimum atomic E-state index is -0.277. The molecule has 0 spiro atoms. The molecule has 1 saturated heterocycles. The van der Waals surface area contributed by atoms with Crippen LogP contribution in [-0.2, 0) is 11.3 Å². The van der Waals surface area contributed by atoms with Crippen LogP contribution >= 0.6 is 0 Å². The van der Waals surface area contributed by atoms with Gasteiger partial charge < -0.3 is 10.2 Å². The van der Waals surface area contributed by atoms with Gasteiger partial charge in [-0.1, -0.05) is 12.1 Å². The van der Waals surface area contributed by atoms with E-state index < -0.39 is 0 Å². The average molecular weight is 354 g/mol. The third-order valence-corrected chi connectivity index (χ3v) is 4.64. The lowest BCUT2D eigenvalue weighted by molar-refractivity contribution is -0.125. The van der Waals surface area contributed by atoms with Gasteiger partial charge in [0.25, 0.3) is 0 Å². The van der Waals surface area contributed by atoms with Crippen LogP contribution in [0.2, 0.25) is 0 Å². The molecule has 0 bridgehead atoms. The normalized spacial score (nSPS) is 17.4. The standard InChI is InChI=1S/C18H19FN6O/c19-15-5-3-13(4-6-15)10-20-18(26)14-2-1-9-24(11-14)17-8-7-16-22-21-12-25(16)23-17/h3-8,12,14H,1-2,9-11H2,(H,20,26). The van der Waals surface area contributed by atoms with Crippen molar-refractivity contribution in [3.8, 4) is 0 Å². The van der Waals surface area contributed by atoms with Gasteiger partial charge in [0.2, 0.25) is 5.91 Å². The van der Waals surface area contributed by atoms with Crippen molar-refractivity contribution in [3.05, 3.63) is 54.1 Å². The molecule has 1 aliphatic rings. The number of fused-ring (bicyclic) bond motifs is 1. The van der Waals surface area contributed by atoms with Gasteiger partial charge >= 0.3 is 0 Å². The summed E-state index contributed by atoms with van der Waals surface area (Å²) in [6.45, 7) is 1.89. The second-order valence-corrected chi connectivity index (χ2v) is 6.45. The van der Waals surface area contributed by atoms with Crippen LogP contribution < -0.4 is 10.2 Å². The molecule has 26 heavy (non-hydrogen) atoms. The Balaban J connectivity index is 1.39. The fraction of sp³-hybridized carbons (Fsp3) is 0.333. The second kappa shape index (κ2) is 7.07. The van der Waals surface area contributed by atoms with Gasteiger partial charge in [0, 0.05) is 19.6 Å². The number of hydrogen-bond acceptors (Lipinski definition) is 5. The molecule has 3 aromatic rings. The van der Waals surface area contributed by atoms with Crippen LogP contribution in [0.1, 0.15) is 18.4 Å². The number of nitrogens with zero attached hydrogens (tertiary/aromatic N) is 5. The van der Waals surface area contributed by atoms with E-state index in [4.69, 9.17) is 0 Å². The van der Waals surface area contributed by atoms with Gasteiger partial charge in [-0.2, -0.15) is 4.52 Å². The lowest BCUT2D eigenvalue weighted by Gasteiger charge is -2.32. The smallest absolute Gasteiger partial charge is 0.225 e. The van der Waals surface area contributed by atoms with E-state index in [0.29, 0.717) is 18.7 Å². The van der Waals surface area contributed by atoms with Gasteiger partial charge in [-0.05, 0) is 42.7 Å². The summed E-state index contributed by atoms with van der Waals surface area (Å²) in [7, 11) is 0. The highest BCUT2D eigenvalue weighted by Gasteiger charge is 2.26. The highest BCUT2D eigenvalue weighted by molar-refractivity contribution is 5.79. The number of benzene rings is 1. The summed E-state index contributed by atoms with van der Waals surface area (Å²) in [5.41, 5.74) is 1.58. The number of piperidine rings is 1. The fourth-order valence-corrected chi connectivity index (χ4v) is 3.22. The molecule has 1 atom stereocenters. The summed E-state index contributed by atoms with van der Waals surface area (Å²) >= 11 is 0.